The first-order chi connectivity index (χ1) is 5.21. The summed E-state index contributed by atoms with van der Waals surface area (Å²) in [6.45, 7) is 0.356. The lowest BCUT2D eigenvalue weighted by atomic mass is 10.2. The second-order valence-electron chi connectivity index (χ2n) is 2.47. The smallest absolute Gasteiger partial charge is 0.262 e. The Morgan fingerprint density at radius 1 is 1.09 bits per heavy atom. The van der Waals surface area contributed by atoms with E-state index < -0.39 is 9.15 Å². The fourth-order valence-electron chi connectivity index (χ4n) is 0.914. The lowest BCUT2D eigenvalue weighted by Crippen LogP contribution is -2.01. The third kappa shape index (κ3) is 3.98. The Labute approximate surface area is 71.0 Å². The molecule has 0 N–H and O–H groups in total. The molecule has 1 rings (SSSR count). The summed E-state index contributed by atoms with van der Waals surface area (Å²) in [5, 5.41) is 0. The van der Waals surface area contributed by atoms with E-state index in [1.54, 1.807) is 0 Å². The quantitative estimate of drug-likeness (QED) is 0.551. The Hall–Kier alpha value is 0.260. The van der Waals surface area contributed by atoms with E-state index in [4.69, 9.17) is 0 Å². The van der Waals surface area contributed by atoms with E-state index in [2.05, 4.69) is 4.18 Å². The first kappa shape index (κ1) is 9.35. The summed E-state index contributed by atoms with van der Waals surface area (Å²) >= 11 is 0. The fourth-order valence-corrected chi connectivity index (χ4v) is 3.20. The van der Waals surface area contributed by atoms with E-state index in [-0.39, 0.29) is 0 Å². The largest absolute Gasteiger partial charge is 0.322 e. The van der Waals surface area contributed by atoms with Gasteiger partial charge in [-0.2, -0.15) is 8.42 Å². The molecule has 0 atom stereocenters. The highest BCUT2D eigenvalue weighted by atomic mass is 33.1. The van der Waals surface area contributed by atoms with Gasteiger partial charge in [0, 0.05) is 5.75 Å². The van der Waals surface area contributed by atoms with Crippen molar-refractivity contribution < 1.29 is 12.6 Å². The van der Waals surface area contributed by atoms with E-state index >= 15 is 0 Å². The van der Waals surface area contributed by atoms with Crippen LogP contribution in [-0.4, -0.2) is 20.8 Å². The first-order valence-electron chi connectivity index (χ1n) is 3.74. The summed E-state index contributed by atoms with van der Waals surface area (Å²) in [7, 11) is -2.33. The van der Waals surface area contributed by atoms with Crippen LogP contribution in [0.3, 0.4) is 0 Å². The maximum absolute atomic E-state index is 10.9. The summed E-state index contributed by atoms with van der Waals surface area (Å²) in [5.41, 5.74) is 0. The molecule has 1 saturated heterocycles. The highest BCUT2D eigenvalue weighted by molar-refractivity contribution is 8.70. The number of hydrogen-bond acceptors (Lipinski definition) is 4. The molecular weight excluding hydrogens is 184 g/mol. The van der Waals surface area contributed by atoms with E-state index in [1.807, 2.05) is 0 Å². The van der Waals surface area contributed by atoms with Crippen LogP contribution >= 0.6 is 10.8 Å². The fraction of sp³-hybridized carbons (Fsp3) is 1.00. The summed E-state index contributed by atoms with van der Waals surface area (Å²) in [6.07, 6.45) is 4.04. The van der Waals surface area contributed by atoms with E-state index in [0.717, 1.165) is 36.5 Å². The Kier molecular flexibility index (Phi) is 3.68. The maximum atomic E-state index is 10.9. The molecule has 1 aliphatic heterocycles. The maximum Gasteiger partial charge on any atom is 0.322 e. The van der Waals surface area contributed by atoms with Gasteiger partial charge in [0.25, 0.3) is 0 Å². The lowest BCUT2D eigenvalue weighted by Gasteiger charge is -1.99. The van der Waals surface area contributed by atoms with E-state index in [1.165, 1.54) is 0 Å². The molecule has 0 radical (unpaired) electrons. The summed E-state index contributed by atoms with van der Waals surface area (Å²) in [5.74, 6) is 0.669. The molecule has 3 nitrogen and oxygen atoms in total. The molecule has 0 spiro atoms. The third-order valence-corrected chi connectivity index (χ3v) is 4.35. The molecule has 0 aromatic heterocycles. The van der Waals surface area contributed by atoms with Crippen molar-refractivity contribution >= 4 is 19.9 Å². The van der Waals surface area contributed by atoms with Crippen molar-refractivity contribution in [1.29, 1.82) is 0 Å². The predicted molar refractivity (Wildman–Crippen MR) is 45.8 cm³/mol. The van der Waals surface area contributed by atoms with Crippen molar-refractivity contribution in [3.63, 3.8) is 0 Å². The SMILES string of the molecule is O=S1(=O)OCCCCCCS1. The minimum atomic E-state index is -3.25. The van der Waals surface area contributed by atoms with Crippen molar-refractivity contribution in [2.24, 2.45) is 0 Å². The van der Waals surface area contributed by atoms with Crippen LogP contribution < -0.4 is 0 Å². The van der Waals surface area contributed by atoms with E-state index in [9.17, 15) is 8.42 Å². The lowest BCUT2D eigenvalue weighted by molar-refractivity contribution is 0.318. The van der Waals surface area contributed by atoms with Crippen molar-refractivity contribution in [1.82, 2.24) is 0 Å². The Morgan fingerprint density at radius 3 is 2.64 bits per heavy atom. The Balaban J connectivity index is 2.44. The first-order valence-corrected chi connectivity index (χ1v) is 6.65. The van der Waals surface area contributed by atoms with Crippen LogP contribution in [0, 0.1) is 0 Å². The van der Waals surface area contributed by atoms with Gasteiger partial charge in [0.1, 0.15) is 0 Å². The van der Waals surface area contributed by atoms with Gasteiger partial charge in [0.15, 0.2) is 0 Å². The molecule has 0 aromatic rings. The van der Waals surface area contributed by atoms with Crippen LogP contribution in [0.5, 0.6) is 0 Å². The van der Waals surface area contributed by atoms with Crippen molar-refractivity contribution in [3.8, 4) is 0 Å². The van der Waals surface area contributed by atoms with Gasteiger partial charge < -0.3 is 0 Å². The Bertz CT molecular complexity index is 182. The summed E-state index contributed by atoms with van der Waals surface area (Å²) in [4.78, 5) is 0. The zero-order chi connectivity index (χ0) is 8.16. The summed E-state index contributed by atoms with van der Waals surface area (Å²) in [6, 6.07) is 0. The standard InChI is InChI=1S/C6H12O3S2/c7-11(8)9-5-3-1-2-4-6-10-11/h1-6H2. The molecular formula is C6H12O3S2. The zero-order valence-electron chi connectivity index (χ0n) is 6.28. The second-order valence-corrected chi connectivity index (χ2v) is 6.09. The normalized spacial score (nSPS) is 26.5. The second kappa shape index (κ2) is 4.33. The van der Waals surface area contributed by atoms with Crippen molar-refractivity contribution in [3.05, 3.63) is 0 Å². The van der Waals surface area contributed by atoms with Gasteiger partial charge in [-0.15, -0.1) is 0 Å². The van der Waals surface area contributed by atoms with Crippen LogP contribution in [0.25, 0.3) is 0 Å². The van der Waals surface area contributed by atoms with Crippen molar-refractivity contribution in [2.45, 2.75) is 25.7 Å². The minimum absolute atomic E-state index is 0.356. The van der Waals surface area contributed by atoms with Gasteiger partial charge >= 0.3 is 9.15 Å². The predicted octanol–water partition coefficient (Wildman–Crippen LogP) is 1.56. The monoisotopic (exact) mass is 196 g/mol. The van der Waals surface area contributed by atoms with Gasteiger partial charge in [-0.05, 0) is 23.6 Å². The van der Waals surface area contributed by atoms with E-state index in [0.29, 0.717) is 12.4 Å². The highest BCUT2D eigenvalue weighted by Gasteiger charge is 2.12. The molecule has 0 saturated carbocycles. The molecule has 0 aromatic carbocycles. The highest BCUT2D eigenvalue weighted by Crippen LogP contribution is 2.19. The van der Waals surface area contributed by atoms with Crippen LogP contribution in [0.1, 0.15) is 25.7 Å². The molecule has 0 amide bonds. The van der Waals surface area contributed by atoms with Gasteiger partial charge in [-0.3, -0.25) is 4.18 Å². The van der Waals surface area contributed by atoms with Crippen LogP contribution in [0.4, 0.5) is 0 Å². The van der Waals surface area contributed by atoms with Gasteiger partial charge in [-0.1, -0.05) is 12.8 Å². The molecule has 0 unspecified atom stereocenters. The summed E-state index contributed by atoms with van der Waals surface area (Å²) < 4.78 is 26.5. The zero-order valence-corrected chi connectivity index (χ0v) is 7.92. The molecule has 11 heavy (non-hydrogen) atoms. The van der Waals surface area contributed by atoms with Crippen molar-refractivity contribution in [2.75, 3.05) is 12.4 Å². The molecule has 1 heterocycles. The number of hydrogen-bond donors (Lipinski definition) is 0. The molecule has 0 bridgehead atoms. The van der Waals surface area contributed by atoms with Crippen LogP contribution in [0.2, 0.25) is 0 Å². The Morgan fingerprint density at radius 2 is 1.82 bits per heavy atom. The molecule has 0 aliphatic carbocycles. The number of rotatable bonds is 0. The van der Waals surface area contributed by atoms with Gasteiger partial charge in [-0.25, -0.2) is 0 Å². The van der Waals surface area contributed by atoms with Gasteiger partial charge in [0.05, 0.1) is 6.61 Å². The topological polar surface area (TPSA) is 43.4 Å². The average Bonchev–Trinajstić information content (AvgIpc) is 2.00. The molecule has 5 heteroatoms. The molecule has 1 fully saturated rings. The van der Waals surface area contributed by atoms with Crippen LogP contribution in [-0.2, 0) is 13.3 Å². The molecule has 66 valence electrons. The third-order valence-electron chi connectivity index (χ3n) is 1.49. The van der Waals surface area contributed by atoms with Crippen LogP contribution in [0.15, 0.2) is 0 Å². The van der Waals surface area contributed by atoms with Gasteiger partial charge in [0.2, 0.25) is 0 Å². The molecule has 1 aliphatic rings. The minimum Gasteiger partial charge on any atom is -0.262 e. The average molecular weight is 196 g/mol.